The summed E-state index contributed by atoms with van der Waals surface area (Å²) in [5.74, 6) is 0.558. The van der Waals surface area contributed by atoms with E-state index in [4.69, 9.17) is 0 Å². The third kappa shape index (κ3) is 4.46. The van der Waals surface area contributed by atoms with Crippen LogP contribution in [-0.2, 0) is 17.8 Å². The van der Waals surface area contributed by atoms with E-state index in [2.05, 4.69) is 22.2 Å². The zero-order chi connectivity index (χ0) is 20.1. The Labute approximate surface area is 164 Å². The highest BCUT2D eigenvalue weighted by Gasteiger charge is 2.17. The van der Waals surface area contributed by atoms with Crippen LogP contribution >= 0.6 is 0 Å². The van der Waals surface area contributed by atoms with Gasteiger partial charge in [-0.05, 0) is 43.5 Å². The van der Waals surface area contributed by atoms with E-state index >= 15 is 0 Å². The molecule has 1 unspecified atom stereocenters. The van der Waals surface area contributed by atoms with Gasteiger partial charge in [0.25, 0.3) is 11.5 Å². The van der Waals surface area contributed by atoms with E-state index in [1.807, 2.05) is 50.2 Å². The molecule has 2 aromatic carbocycles. The van der Waals surface area contributed by atoms with E-state index in [0.717, 1.165) is 34.7 Å². The maximum Gasteiger partial charge on any atom is 0.279 e. The molecule has 146 valence electrons. The van der Waals surface area contributed by atoms with Crippen molar-refractivity contribution in [2.45, 2.75) is 33.7 Å². The number of carbonyl (C=O) groups excluding carboxylic acids is 1. The molecule has 0 saturated heterocycles. The van der Waals surface area contributed by atoms with Gasteiger partial charge in [-0.1, -0.05) is 37.3 Å². The molecule has 0 aliphatic heterocycles. The van der Waals surface area contributed by atoms with Gasteiger partial charge >= 0.3 is 0 Å². The largest absolute Gasteiger partial charge is 0.321 e. The quantitative estimate of drug-likeness (QED) is 0.586. The molecular weight excluding hydrogens is 352 g/mol. The molecule has 1 heterocycles. The van der Waals surface area contributed by atoms with Gasteiger partial charge in [-0.3, -0.25) is 9.59 Å². The molecule has 1 amide bonds. The number of aromatic amines is 1. The summed E-state index contributed by atoms with van der Waals surface area (Å²) >= 11 is 0. The van der Waals surface area contributed by atoms with Crippen molar-refractivity contribution in [3.63, 3.8) is 0 Å². The summed E-state index contributed by atoms with van der Waals surface area (Å²) in [5.41, 5.74) is 3.63. The van der Waals surface area contributed by atoms with Gasteiger partial charge in [0, 0.05) is 5.69 Å². The lowest BCUT2D eigenvalue weighted by molar-refractivity contribution is -0.904. The molecule has 1 aromatic heterocycles. The molecule has 0 aliphatic carbocycles. The smallest absolute Gasteiger partial charge is 0.279 e. The summed E-state index contributed by atoms with van der Waals surface area (Å²) in [6, 6.07) is 13.3. The highest BCUT2D eigenvalue weighted by atomic mass is 16.2. The second-order valence-corrected chi connectivity index (χ2v) is 7.00. The number of para-hydroxylation sites is 2. The van der Waals surface area contributed by atoms with Crippen LogP contribution < -0.4 is 15.8 Å². The minimum absolute atomic E-state index is 0.0380. The second kappa shape index (κ2) is 8.80. The van der Waals surface area contributed by atoms with E-state index in [9.17, 15) is 9.59 Å². The number of fused-ring (bicyclic) bond motifs is 1. The summed E-state index contributed by atoms with van der Waals surface area (Å²) in [6.07, 6.45) is 0.865. The SMILES string of the molecule is CCc1cccc(C)c1NC(=O)C[NH+](CC)Cc1nc2ccccc2c(=O)[nH]1. The van der Waals surface area contributed by atoms with Crippen LogP contribution in [0.2, 0.25) is 0 Å². The van der Waals surface area contributed by atoms with Crippen molar-refractivity contribution in [1.29, 1.82) is 0 Å². The Morgan fingerprint density at radius 3 is 2.68 bits per heavy atom. The zero-order valence-electron chi connectivity index (χ0n) is 16.6. The van der Waals surface area contributed by atoms with E-state index in [-0.39, 0.29) is 11.5 Å². The maximum absolute atomic E-state index is 12.6. The lowest BCUT2D eigenvalue weighted by atomic mass is 10.1. The molecule has 6 heteroatoms. The lowest BCUT2D eigenvalue weighted by Crippen LogP contribution is -3.11. The van der Waals surface area contributed by atoms with Gasteiger partial charge in [0.1, 0.15) is 6.54 Å². The van der Waals surface area contributed by atoms with Crippen molar-refractivity contribution in [2.24, 2.45) is 0 Å². The highest BCUT2D eigenvalue weighted by molar-refractivity contribution is 5.93. The Bertz CT molecular complexity index is 1040. The van der Waals surface area contributed by atoms with Crippen molar-refractivity contribution in [1.82, 2.24) is 9.97 Å². The minimum Gasteiger partial charge on any atom is -0.321 e. The van der Waals surface area contributed by atoms with E-state index in [1.54, 1.807) is 6.07 Å². The molecule has 3 N–H and O–H groups in total. The van der Waals surface area contributed by atoms with Gasteiger partial charge in [0.15, 0.2) is 12.4 Å². The van der Waals surface area contributed by atoms with Gasteiger partial charge in [-0.2, -0.15) is 0 Å². The first-order valence-electron chi connectivity index (χ1n) is 9.71. The summed E-state index contributed by atoms with van der Waals surface area (Å²) in [5, 5.41) is 3.65. The number of amides is 1. The first-order valence-corrected chi connectivity index (χ1v) is 9.71. The van der Waals surface area contributed by atoms with Crippen LogP contribution in [0, 0.1) is 6.92 Å². The van der Waals surface area contributed by atoms with E-state index in [1.165, 1.54) is 0 Å². The van der Waals surface area contributed by atoms with Crippen LogP contribution in [0.25, 0.3) is 10.9 Å². The number of hydrogen-bond donors (Lipinski definition) is 3. The number of nitrogens with one attached hydrogen (secondary N) is 3. The van der Waals surface area contributed by atoms with Crippen LogP contribution in [-0.4, -0.2) is 29.0 Å². The van der Waals surface area contributed by atoms with Crippen LogP contribution in [0.4, 0.5) is 5.69 Å². The number of carbonyl (C=O) groups is 1. The van der Waals surface area contributed by atoms with E-state index in [0.29, 0.717) is 29.8 Å². The molecule has 0 bridgehead atoms. The average molecular weight is 379 g/mol. The third-order valence-corrected chi connectivity index (χ3v) is 4.99. The maximum atomic E-state index is 12.6. The topological polar surface area (TPSA) is 79.3 Å². The molecular formula is C22H27N4O2+. The molecule has 3 aromatic rings. The summed E-state index contributed by atoms with van der Waals surface area (Å²) < 4.78 is 0. The van der Waals surface area contributed by atoms with Gasteiger partial charge in [-0.25, -0.2) is 4.98 Å². The van der Waals surface area contributed by atoms with Crippen molar-refractivity contribution in [3.05, 3.63) is 69.8 Å². The number of aryl methyl sites for hydroxylation is 2. The van der Waals surface area contributed by atoms with Crippen LogP contribution in [0.3, 0.4) is 0 Å². The summed E-state index contributed by atoms with van der Waals surface area (Å²) in [4.78, 5) is 33.3. The van der Waals surface area contributed by atoms with Gasteiger partial charge in [0.2, 0.25) is 0 Å². The number of anilines is 1. The third-order valence-electron chi connectivity index (χ3n) is 4.99. The predicted molar refractivity (Wildman–Crippen MR) is 112 cm³/mol. The Hall–Kier alpha value is -2.99. The fourth-order valence-corrected chi connectivity index (χ4v) is 3.38. The van der Waals surface area contributed by atoms with Crippen molar-refractivity contribution >= 4 is 22.5 Å². The Morgan fingerprint density at radius 1 is 1.14 bits per heavy atom. The average Bonchev–Trinajstić information content (AvgIpc) is 2.69. The first kappa shape index (κ1) is 19.8. The number of benzene rings is 2. The number of rotatable bonds is 7. The Kier molecular flexibility index (Phi) is 6.21. The lowest BCUT2D eigenvalue weighted by Gasteiger charge is -2.18. The number of likely N-dealkylation sites (N-methyl/N-ethyl adjacent to an activating group) is 1. The van der Waals surface area contributed by atoms with Gasteiger partial charge in [0.05, 0.1) is 17.4 Å². The molecule has 6 nitrogen and oxygen atoms in total. The molecule has 0 fully saturated rings. The molecule has 1 atom stereocenters. The number of aromatic nitrogens is 2. The summed E-state index contributed by atoms with van der Waals surface area (Å²) in [6.45, 7) is 7.65. The Balaban J connectivity index is 1.73. The van der Waals surface area contributed by atoms with Gasteiger partial charge < -0.3 is 15.2 Å². The second-order valence-electron chi connectivity index (χ2n) is 7.00. The molecule has 0 radical (unpaired) electrons. The van der Waals surface area contributed by atoms with Crippen molar-refractivity contribution < 1.29 is 9.69 Å². The van der Waals surface area contributed by atoms with Crippen molar-refractivity contribution in [3.8, 4) is 0 Å². The number of quaternary nitrogens is 1. The fourth-order valence-electron chi connectivity index (χ4n) is 3.38. The van der Waals surface area contributed by atoms with Crippen LogP contribution in [0.15, 0.2) is 47.3 Å². The number of hydrogen-bond acceptors (Lipinski definition) is 3. The van der Waals surface area contributed by atoms with E-state index < -0.39 is 0 Å². The minimum atomic E-state index is -0.145. The Morgan fingerprint density at radius 2 is 1.93 bits per heavy atom. The van der Waals surface area contributed by atoms with Crippen LogP contribution in [0.1, 0.15) is 30.8 Å². The van der Waals surface area contributed by atoms with Crippen LogP contribution in [0.5, 0.6) is 0 Å². The standard InChI is InChI=1S/C22H26N4O2/c1-4-16-10-8-9-15(3)21(16)25-20(27)14-26(5-2)13-19-23-18-12-7-6-11-17(18)22(28)24-19/h6-12H,4-5,13-14H2,1-3H3,(H,25,27)(H,23,24,28)/p+1. The fraction of sp³-hybridized carbons (Fsp3) is 0.318. The number of nitrogens with zero attached hydrogens (tertiary/aromatic N) is 1. The molecule has 28 heavy (non-hydrogen) atoms. The normalized spacial score (nSPS) is 12.1. The first-order chi connectivity index (χ1) is 13.5. The summed E-state index contributed by atoms with van der Waals surface area (Å²) in [7, 11) is 0. The molecule has 0 saturated carbocycles. The number of H-pyrrole nitrogens is 1. The molecule has 0 aliphatic rings. The zero-order valence-corrected chi connectivity index (χ0v) is 16.6. The van der Waals surface area contributed by atoms with Gasteiger partial charge in [-0.15, -0.1) is 0 Å². The predicted octanol–water partition coefficient (Wildman–Crippen LogP) is 1.84. The molecule has 3 rings (SSSR count). The van der Waals surface area contributed by atoms with Crippen molar-refractivity contribution in [2.75, 3.05) is 18.4 Å². The highest BCUT2D eigenvalue weighted by Crippen LogP contribution is 2.20. The molecule has 0 spiro atoms. The monoisotopic (exact) mass is 379 g/mol.